The molecule has 0 fully saturated rings. The van der Waals surface area contributed by atoms with Crippen molar-refractivity contribution in [2.24, 2.45) is 0 Å². The summed E-state index contributed by atoms with van der Waals surface area (Å²) in [7, 11) is 0. The Bertz CT molecular complexity index is 347. The summed E-state index contributed by atoms with van der Waals surface area (Å²) < 4.78 is 0. The molecule has 2 N–H and O–H groups in total. The Hall–Kier alpha value is -1.02. The van der Waals surface area contributed by atoms with Crippen molar-refractivity contribution < 1.29 is 4.79 Å². The summed E-state index contributed by atoms with van der Waals surface area (Å²) in [6.45, 7) is 3.67. The second-order valence-electron chi connectivity index (χ2n) is 2.97. The number of hydrogen-bond acceptors (Lipinski definition) is 2. The van der Waals surface area contributed by atoms with Gasteiger partial charge in [-0.1, -0.05) is 18.5 Å². The molecule has 0 radical (unpaired) electrons. The number of carbonyl (C=O) groups excluding carboxylic acids is 1. The van der Waals surface area contributed by atoms with Gasteiger partial charge in [0, 0.05) is 22.7 Å². The van der Waals surface area contributed by atoms with E-state index in [4.69, 9.17) is 17.3 Å². The van der Waals surface area contributed by atoms with Crippen LogP contribution in [0.4, 0.5) is 5.69 Å². The Morgan fingerprint density at radius 2 is 2.15 bits per heavy atom. The lowest BCUT2D eigenvalue weighted by Gasteiger charge is -2.05. The molecule has 0 unspecified atom stereocenters. The lowest BCUT2D eigenvalue weighted by molar-refractivity contribution is 0.0989. The van der Waals surface area contributed by atoms with Gasteiger partial charge in [0.2, 0.25) is 0 Å². The van der Waals surface area contributed by atoms with Crippen LogP contribution < -0.4 is 5.73 Å². The molecule has 1 rings (SSSR count). The summed E-state index contributed by atoms with van der Waals surface area (Å²) >= 11 is 5.84. The number of benzene rings is 1. The van der Waals surface area contributed by atoms with Crippen LogP contribution in [0.2, 0.25) is 5.02 Å². The maximum absolute atomic E-state index is 11.4. The highest BCUT2D eigenvalue weighted by molar-refractivity contribution is 6.31. The van der Waals surface area contributed by atoms with E-state index >= 15 is 0 Å². The first kappa shape index (κ1) is 10.1. The average Bonchev–Trinajstić information content (AvgIpc) is 2.10. The Morgan fingerprint density at radius 3 is 2.69 bits per heavy atom. The van der Waals surface area contributed by atoms with Crippen LogP contribution in [0, 0.1) is 6.92 Å². The van der Waals surface area contributed by atoms with Crippen LogP contribution in [0.1, 0.15) is 29.3 Å². The van der Waals surface area contributed by atoms with E-state index in [9.17, 15) is 4.79 Å². The lowest BCUT2D eigenvalue weighted by Crippen LogP contribution is -2.02. The fourth-order valence-corrected chi connectivity index (χ4v) is 1.30. The van der Waals surface area contributed by atoms with Crippen molar-refractivity contribution in [2.45, 2.75) is 20.3 Å². The smallest absolute Gasteiger partial charge is 0.164 e. The standard InChI is InChI=1S/C10H12ClNO/c1-3-10(13)7-4-6(2)8(11)5-9(7)12/h4-5H,3,12H2,1-2H3. The molecule has 0 bridgehead atoms. The Morgan fingerprint density at radius 1 is 1.54 bits per heavy atom. The second-order valence-corrected chi connectivity index (χ2v) is 3.37. The van der Waals surface area contributed by atoms with Crippen molar-refractivity contribution >= 4 is 23.1 Å². The molecule has 0 spiro atoms. The molecule has 0 aliphatic rings. The van der Waals surface area contributed by atoms with E-state index < -0.39 is 0 Å². The minimum atomic E-state index is 0.0530. The largest absolute Gasteiger partial charge is 0.398 e. The van der Waals surface area contributed by atoms with E-state index in [-0.39, 0.29) is 5.78 Å². The van der Waals surface area contributed by atoms with Gasteiger partial charge >= 0.3 is 0 Å². The van der Waals surface area contributed by atoms with Gasteiger partial charge in [-0.05, 0) is 24.6 Å². The van der Waals surface area contributed by atoms with E-state index in [1.165, 1.54) is 0 Å². The highest BCUT2D eigenvalue weighted by Crippen LogP contribution is 2.23. The number of nitrogens with two attached hydrogens (primary N) is 1. The number of anilines is 1. The maximum atomic E-state index is 11.4. The molecule has 0 aliphatic carbocycles. The van der Waals surface area contributed by atoms with Crippen molar-refractivity contribution in [3.63, 3.8) is 0 Å². The van der Waals surface area contributed by atoms with Gasteiger partial charge in [-0.15, -0.1) is 0 Å². The second kappa shape index (κ2) is 3.79. The number of aryl methyl sites for hydroxylation is 1. The van der Waals surface area contributed by atoms with Crippen molar-refractivity contribution in [1.29, 1.82) is 0 Å². The van der Waals surface area contributed by atoms with Gasteiger partial charge in [-0.3, -0.25) is 4.79 Å². The molecular formula is C10H12ClNO. The topological polar surface area (TPSA) is 43.1 Å². The van der Waals surface area contributed by atoms with Crippen LogP contribution in [-0.2, 0) is 0 Å². The van der Waals surface area contributed by atoms with E-state index in [2.05, 4.69) is 0 Å². The molecule has 1 aromatic carbocycles. The summed E-state index contributed by atoms with van der Waals surface area (Å²) in [4.78, 5) is 11.4. The average molecular weight is 198 g/mol. The third-order valence-corrected chi connectivity index (χ3v) is 2.36. The fraction of sp³-hybridized carbons (Fsp3) is 0.300. The third kappa shape index (κ3) is 2.01. The van der Waals surface area contributed by atoms with Crippen molar-refractivity contribution in [2.75, 3.05) is 5.73 Å². The van der Waals surface area contributed by atoms with Gasteiger partial charge < -0.3 is 5.73 Å². The molecule has 0 aromatic heterocycles. The zero-order valence-electron chi connectivity index (χ0n) is 7.73. The summed E-state index contributed by atoms with van der Waals surface area (Å²) in [5.41, 5.74) is 7.58. The Labute approximate surface area is 82.7 Å². The summed E-state index contributed by atoms with van der Waals surface area (Å²) in [6.07, 6.45) is 0.464. The molecule has 0 saturated carbocycles. The molecule has 3 heteroatoms. The third-order valence-electron chi connectivity index (χ3n) is 1.95. The van der Waals surface area contributed by atoms with Gasteiger partial charge in [-0.25, -0.2) is 0 Å². The zero-order valence-corrected chi connectivity index (χ0v) is 8.48. The van der Waals surface area contributed by atoms with Crippen molar-refractivity contribution in [3.8, 4) is 0 Å². The lowest BCUT2D eigenvalue weighted by atomic mass is 10.0. The van der Waals surface area contributed by atoms with Gasteiger partial charge in [0.15, 0.2) is 5.78 Å². The molecule has 13 heavy (non-hydrogen) atoms. The van der Waals surface area contributed by atoms with Crippen LogP contribution >= 0.6 is 11.6 Å². The van der Waals surface area contributed by atoms with Crippen LogP contribution in [0.15, 0.2) is 12.1 Å². The first-order valence-electron chi connectivity index (χ1n) is 4.15. The van der Waals surface area contributed by atoms with Crippen LogP contribution in [0.25, 0.3) is 0 Å². The van der Waals surface area contributed by atoms with Crippen LogP contribution in [0.3, 0.4) is 0 Å². The van der Waals surface area contributed by atoms with Gasteiger partial charge in [-0.2, -0.15) is 0 Å². The van der Waals surface area contributed by atoms with Gasteiger partial charge in [0.25, 0.3) is 0 Å². The minimum absolute atomic E-state index is 0.0530. The van der Waals surface area contributed by atoms with Crippen LogP contribution in [0.5, 0.6) is 0 Å². The van der Waals surface area contributed by atoms with Gasteiger partial charge in [0.1, 0.15) is 0 Å². The minimum Gasteiger partial charge on any atom is -0.398 e. The number of Topliss-reactive ketones (excluding diaryl/α,β-unsaturated/α-hetero) is 1. The molecule has 70 valence electrons. The van der Waals surface area contributed by atoms with Crippen LogP contribution in [-0.4, -0.2) is 5.78 Å². The molecule has 0 aliphatic heterocycles. The molecule has 1 aromatic rings. The molecular weight excluding hydrogens is 186 g/mol. The normalized spacial score (nSPS) is 10.1. The summed E-state index contributed by atoms with van der Waals surface area (Å²) in [6, 6.07) is 3.36. The molecule has 0 saturated heterocycles. The quantitative estimate of drug-likeness (QED) is 0.585. The molecule has 0 amide bonds. The fourth-order valence-electron chi connectivity index (χ4n) is 1.13. The number of halogens is 1. The Kier molecular flexibility index (Phi) is 2.94. The van der Waals surface area contributed by atoms with Crippen molar-refractivity contribution in [1.82, 2.24) is 0 Å². The highest BCUT2D eigenvalue weighted by atomic mass is 35.5. The SMILES string of the molecule is CCC(=O)c1cc(C)c(Cl)cc1N. The first-order valence-corrected chi connectivity index (χ1v) is 4.53. The van der Waals surface area contributed by atoms with E-state index in [0.29, 0.717) is 22.7 Å². The number of ketones is 1. The van der Waals surface area contributed by atoms with E-state index in [1.54, 1.807) is 12.1 Å². The molecule has 0 heterocycles. The van der Waals surface area contributed by atoms with E-state index in [0.717, 1.165) is 5.56 Å². The maximum Gasteiger partial charge on any atom is 0.164 e. The number of carbonyl (C=O) groups is 1. The van der Waals surface area contributed by atoms with Gasteiger partial charge in [0.05, 0.1) is 0 Å². The predicted octanol–water partition coefficient (Wildman–Crippen LogP) is 2.82. The number of nitrogen functional groups attached to an aromatic ring is 1. The molecule has 0 atom stereocenters. The highest BCUT2D eigenvalue weighted by Gasteiger charge is 2.09. The predicted molar refractivity (Wildman–Crippen MR) is 55.2 cm³/mol. The number of rotatable bonds is 2. The summed E-state index contributed by atoms with van der Waals surface area (Å²) in [5, 5.41) is 0.602. The zero-order chi connectivity index (χ0) is 10.0. The molecule has 2 nitrogen and oxygen atoms in total. The Balaban J connectivity index is 3.23. The monoisotopic (exact) mass is 197 g/mol. The number of hydrogen-bond donors (Lipinski definition) is 1. The van der Waals surface area contributed by atoms with Crippen molar-refractivity contribution in [3.05, 3.63) is 28.3 Å². The van der Waals surface area contributed by atoms with E-state index in [1.807, 2.05) is 13.8 Å². The first-order chi connectivity index (χ1) is 6.06. The summed E-state index contributed by atoms with van der Waals surface area (Å²) in [5.74, 6) is 0.0530.